The van der Waals surface area contributed by atoms with Crippen LogP contribution in [0.3, 0.4) is 0 Å². The van der Waals surface area contributed by atoms with Gasteiger partial charge < -0.3 is 9.32 Å². The molecule has 1 saturated heterocycles. The number of thiazole rings is 1. The predicted molar refractivity (Wildman–Crippen MR) is 107 cm³/mol. The number of aryl methyl sites for hydroxylation is 1. The molecule has 27 heavy (non-hydrogen) atoms. The highest BCUT2D eigenvalue weighted by Crippen LogP contribution is 2.24. The number of furan rings is 1. The Hall–Kier alpha value is -2.15. The Morgan fingerprint density at radius 3 is 2.56 bits per heavy atom. The number of halogens is 1. The second-order valence-corrected chi connectivity index (χ2v) is 8.10. The Balaban J connectivity index is 1.36. The molecule has 0 aliphatic carbocycles. The number of hydrogen-bond acceptors (Lipinski definition) is 5. The zero-order valence-corrected chi connectivity index (χ0v) is 16.6. The van der Waals surface area contributed by atoms with E-state index in [0.29, 0.717) is 29.6 Å². The van der Waals surface area contributed by atoms with Gasteiger partial charge in [-0.1, -0.05) is 11.6 Å². The molecule has 0 bridgehead atoms. The van der Waals surface area contributed by atoms with Crippen LogP contribution in [-0.4, -0.2) is 46.9 Å². The van der Waals surface area contributed by atoms with Gasteiger partial charge in [0.15, 0.2) is 5.76 Å². The van der Waals surface area contributed by atoms with E-state index in [1.807, 2.05) is 42.2 Å². The molecule has 1 amide bonds. The third-order valence-electron chi connectivity index (χ3n) is 4.66. The number of carbonyl (C=O) groups excluding carboxylic acids is 1. The third-order valence-corrected chi connectivity index (χ3v) is 5.73. The first-order valence-corrected chi connectivity index (χ1v) is 10.1. The van der Waals surface area contributed by atoms with Crippen LogP contribution >= 0.6 is 22.9 Å². The number of amides is 1. The minimum Gasteiger partial charge on any atom is -0.451 e. The first-order chi connectivity index (χ1) is 13.1. The molecule has 1 aliphatic rings. The molecule has 1 fully saturated rings. The van der Waals surface area contributed by atoms with Gasteiger partial charge in [-0.3, -0.25) is 9.69 Å². The topological polar surface area (TPSA) is 49.6 Å². The number of rotatable bonds is 4. The average Bonchev–Trinajstić information content (AvgIpc) is 3.32. The Morgan fingerprint density at radius 1 is 1.15 bits per heavy atom. The summed E-state index contributed by atoms with van der Waals surface area (Å²) in [7, 11) is 0. The molecular formula is C20H20ClN3O2S. The summed E-state index contributed by atoms with van der Waals surface area (Å²) >= 11 is 7.60. The molecule has 3 heterocycles. The molecule has 1 aliphatic heterocycles. The maximum atomic E-state index is 12.7. The summed E-state index contributed by atoms with van der Waals surface area (Å²) in [6.45, 7) is 5.93. The SMILES string of the molecule is Cc1nc(CN2CCN(C(=O)c3ccc(-c4ccc(Cl)cc4)o3)CC2)cs1. The average molecular weight is 402 g/mol. The summed E-state index contributed by atoms with van der Waals surface area (Å²) in [6.07, 6.45) is 0. The van der Waals surface area contributed by atoms with Crippen molar-refractivity contribution in [3.05, 3.63) is 63.3 Å². The highest BCUT2D eigenvalue weighted by Gasteiger charge is 2.24. The van der Waals surface area contributed by atoms with Gasteiger partial charge in [-0.15, -0.1) is 11.3 Å². The van der Waals surface area contributed by atoms with E-state index in [4.69, 9.17) is 16.0 Å². The number of benzene rings is 1. The molecule has 0 atom stereocenters. The van der Waals surface area contributed by atoms with Crippen LogP contribution < -0.4 is 0 Å². The van der Waals surface area contributed by atoms with Crippen molar-refractivity contribution in [3.8, 4) is 11.3 Å². The summed E-state index contributed by atoms with van der Waals surface area (Å²) in [5.74, 6) is 0.996. The van der Waals surface area contributed by atoms with Crippen molar-refractivity contribution in [2.75, 3.05) is 26.2 Å². The van der Waals surface area contributed by atoms with Crippen molar-refractivity contribution in [1.82, 2.24) is 14.8 Å². The number of carbonyl (C=O) groups is 1. The van der Waals surface area contributed by atoms with Crippen LogP contribution in [0.5, 0.6) is 0 Å². The Morgan fingerprint density at radius 2 is 1.89 bits per heavy atom. The van der Waals surface area contributed by atoms with Gasteiger partial charge in [0.25, 0.3) is 5.91 Å². The van der Waals surface area contributed by atoms with Gasteiger partial charge in [-0.25, -0.2) is 4.98 Å². The van der Waals surface area contributed by atoms with Crippen molar-refractivity contribution in [2.45, 2.75) is 13.5 Å². The molecule has 1 aromatic carbocycles. The van der Waals surface area contributed by atoms with Gasteiger partial charge in [-0.05, 0) is 43.3 Å². The number of aromatic nitrogens is 1. The minimum atomic E-state index is -0.0561. The lowest BCUT2D eigenvalue weighted by atomic mass is 10.2. The maximum absolute atomic E-state index is 12.7. The minimum absolute atomic E-state index is 0.0561. The fraction of sp³-hybridized carbons (Fsp3) is 0.300. The van der Waals surface area contributed by atoms with Crippen molar-refractivity contribution >= 4 is 28.8 Å². The molecule has 0 saturated carbocycles. The normalized spacial score (nSPS) is 15.3. The van der Waals surface area contributed by atoms with Crippen LogP contribution in [0.15, 0.2) is 46.2 Å². The molecule has 0 radical (unpaired) electrons. The van der Waals surface area contributed by atoms with Gasteiger partial charge in [0.05, 0.1) is 10.7 Å². The maximum Gasteiger partial charge on any atom is 0.289 e. The predicted octanol–water partition coefficient (Wildman–Crippen LogP) is 4.32. The van der Waals surface area contributed by atoms with E-state index >= 15 is 0 Å². The summed E-state index contributed by atoms with van der Waals surface area (Å²) in [5.41, 5.74) is 2.01. The molecule has 0 unspecified atom stereocenters. The summed E-state index contributed by atoms with van der Waals surface area (Å²) in [4.78, 5) is 21.5. The number of piperazine rings is 1. The van der Waals surface area contributed by atoms with E-state index in [1.165, 1.54) is 0 Å². The monoisotopic (exact) mass is 401 g/mol. The molecule has 4 rings (SSSR count). The lowest BCUT2D eigenvalue weighted by Crippen LogP contribution is -2.48. The molecule has 140 valence electrons. The molecule has 5 nitrogen and oxygen atoms in total. The van der Waals surface area contributed by atoms with Gasteiger partial charge in [0, 0.05) is 48.7 Å². The van der Waals surface area contributed by atoms with Gasteiger partial charge in [0.2, 0.25) is 0 Å². The second-order valence-electron chi connectivity index (χ2n) is 6.60. The standard InChI is InChI=1S/C20H20ClN3O2S/c1-14-22-17(13-27-14)12-23-8-10-24(11-9-23)20(25)19-7-6-18(26-19)15-2-4-16(21)5-3-15/h2-7,13H,8-12H2,1H3. The Bertz CT molecular complexity index is 927. The van der Waals surface area contributed by atoms with E-state index in [0.717, 1.165) is 35.9 Å². The van der Waals surface area contributed by atoms with E-state index in [1.54, 1.807) is 17.4 Å². The van der Waals surface area contributed by atoms with E-state index < -0.39 is 0 Å². The van der Waals surface area contributed by atoms with Gasteiger partial charge in [-0.2, -0.15) is 0 Å². The molecular weight excluding hydrogens is 382 g/mol. The van der Waals surface area contributed by atoms with Crippen molar-refractivity contribution in [2.24, 2.45) is 0 Å². The van der Waals surface area contributed by atoms with E-state index in [9.17, 15) is 4.79 Å². The lowest BCUT2D eigenvalue weighted by molar-refractivity contribution is 0.0597. The highest BCUT2D eigenvalue weighted by molar-refractivity contribution is 7.09. The zero-order chi connectivity index (χ0) is 18.8. The molecule has 3 aromatic rings. The molecule has 0 spiro atoms. The van der Waals surface area contributed by atoms with Crippen molar-refractivity contribution in [1.29, 1.82) is 0 Å². The molecule has 2 aromatic heterocycles. The van der Waals surface area contributed by atoms with Crippen LogP contribution in [0.4, 0.5) is 0 Å². The zero-order valence-electron chi connectivity index (χ0n) is 15.0. The van der Waals surface area contributed by atoms with Crippen LogP contribution in [0.1, 0.15) is 21.3 Å². The fourth-order valence-corrected chi connectivity index (χ4v) is 3.93. The summed E-state index contributed by atoms with van der Waals surface area (Å²) < 4.78 is 5.79. The van der Waals surface area contributed by atoms with Gasteiger partial charge in [0.1, 0.15) is 5.76 Å². The largest absolute Gasteiger partial charge is 0.451 e. The van der Waals surface area contributed by atoms with Crippen LogP contribution in [-0.2, 0) is 6.54 Å². The first kappa shape index (κ1) is 18.2. The lowest BCUT2D eigenvalue weighted by Gasteiger charge is -2.33. The highest BCUT2D eigenvalue weighted by atomic mass is 35.5. The third kappa shape index (κ3) is 4.24. The summed E-state index contributed by atoms with van der Waals surface area (Å²) in [5, 5.41) is 3.87. The van der Waals surface area contributed by atoms with Crippen molar-refractivity contribution in [3.63, 3.8) is 0 Å². The Labute approximate surface area is 167 Å². The smallest absolute Gasteiger partial charge is 0.289 e. The summed E-state index contributed by atoms with van der Waals surface area (Å²) in [6, 6.07) is 11.0. The quantitative estimate of drug-likeness (QED) is 0.653. The Kier molecular flexibility index (Phi) is 5.29. The molecule has 0 N–H and O–H groups in total. The fourth-order valence-electron chi connectivity index (χ4n) is 3.20. The second kappa shape index (κ2) is 7.84. The van der Waals surface area contributed by atoms with Crippen LogP contribution in [0.2, 0.25) is 5.02 Å². The number of hydrogen-bond donors (Lipinski definition) is 0. The van der Waals surface area contributed by atoms with E-state index in [-0.39, 0.29) is 5.91 Å². The number of nitrogens with zero attached hydrogens (tertiary/aromatic N) is 3. The first-order valence-electron chi connectivity index (χ1n) is 8.87. The molecule has 7 heteroatoms. The van der Waals surface area contributed by atoms with E-state index in [2.05, 4.69) is 15.3 Å². The van der Waals surface area contributed by atoms with Crippen LogP contribution in [0, 0.1) is 6.92 Å². The van der Waals surface area contributed by atoms with Gasteiger partial charge >= 0.3 is 0 Å². The van der Waals surface area contributed by atoms with Crippen molar-refractivity contribution < 1.29 is 9.21 Å². The van der Waals surface area contributed by atoms with Crippen LogP contribution in [0.25, 0.3) is 11.3 Å².